The van der Waals surface area contributed by atoms with Gasteiger partial charge >= 0.3 is 6.18 Å². The van der Waals surface area contributed by atoms with Gasteiger partial charge < -0.3 is 28.4 Å². The van der Waals surface area contributed by atoms with Crippen LogP contribution in [0.25, 0.3) is 0 Å². The number of hydrogen-bond donors (Lipinski definition) is 0. The Labute approximate surface area is 160 Å². The predicted molar refractivity (Wildman–Crippen MR) is 89.5 cm³/mol. The van der Waals surface area contributed by atoms with Crippen LogP contribution in [0.3, 0.4) is 0 Å². The molecular formula is C19H23F3O6. The van der Waals surface area contributed by atoms with Gasteiger partial charge in [0.1, 0.15) is 18.0 Å². The van der Waals surface area contributed by atoms with Crippen LogP contribution in [0.15, 0.2) is 24.3 Å². The molecule has 9 heteroatoms. The minimum absolute atomic E-state index is 0.0700. The van der Waals surface area contributed by atoms with Crippen LogP contribution in [0, 0.1) is 0 Å². The molecule has 0 unspecified atom stereocenters. The van der Waals surface area contributed by atoms with Crippen LogP contribution in [-0.2, 0) is 29.9 Å². The first-order chi connectivity index (χ1) is 12.9. The summed E-state index contributed by atoms with van der Waals surface area (Å²) in [4.78, 5) is 0. The second-order valence-electron chi connectivity index (χ2n) is 8.04. The van der Waals surface area contributed by atoms with Gasteiger partial charge in [-0.25, -0.2) is 0 Å². The summed E-state index contributed by atoms with van der Waals surface area (Å²) in [5.74, 6) is -1.60. The highest BCUT2D eigenvalue weighted by Crippen LogP contribution is 2.42. The van der Waals surface area contributed by atoms with Gasteiger partial charge in [-0.3, -0.25) is 0 Å². The van der Waals surface area contributed by atoms with Gasteiger partial charge in [0, 0.05) is 0 Å². The number of benzene rings is 1. The SMILES string of the molecule is CC1(C)O[C@H]2O[C@H]([C@H]3COC(C)(C)O3)[C@H](Oc3cccc(C(F)(F)F)c3)[C@@H]2O1. The number of fused-ring (bicyclic) bond motifs is 1. The summed E-state index contributed by atoms with van der Waals surface area (Å²) in [5.41, 5.74) is -0.789. The highest BCUT2D eigenvalue weighted by molar-refractivity contribution is 5.31. The fourth-order valence-corrected chi connectivity index (χ4v) is 3.72. The summed E-state index contributed by atoms with van der Waals surface area (Å²) in [7, 11) is 0. The summed E-state index contributed by atoms with van der Waals surface area (Å²) in [6.07, 6.45) is -7.59. The highest BCUT2D eigenvalue weighted by atomic mass is 19.4. The fourth-order valence-electron chi connectivity index (χ4n) is 3.72. The van der Waals surface area contributed by atoms with Crippen LogP contribution < -0.4 is 4.74 Å². The molecule has 3 aliphatic rings. The fraction of sp³-hybridized carbons (Fsp3) is 0.684. The first-order valence-electron chi connectivity index (χ1n) is 9.10. The Balaban J connectivity index is 1.59. The van der Waals surface area contributed by atoms with Gasteiger partial charge in [0.15, 0.2) is 30.1 Å². The molecule has 4 rings (SSSR count). The molecule has 0 bridgehead atoms. The van der Waals surface area contributed by atoms with Crippen molar-refractivity contribution in [3.8, 4) is 5.75 Å². The van der Waals surface area contributed by atoms with Crippen molar-refractivity contribution in [3.63, 3.8) is 0 Å². The van der Waals surface area contributed by atoms with E-state index in [1.807, 2.05) is 0 Å². The lowest BCUT2D eigenvalue weighted by Gasteiger charge is -2.29. The standard InChI is InChI=1S/C19H23F3O6/c1-17(2)23-9-12(26-17)13-14(15-16(25-13)28-18(3,4)27-15)24-11-7-5-6-10(8-11)19(20,21)22/h5-8,12-16H,9H2,1-4H3/t12-,13-,14+,15+,16-/m1/s1. The maximum atomic E-state index is 13.0. The van der Waals surface area contributed by atoms with Crippen molar-refractivity contribution >= 4 is 0 Å². The average Bonchev–Trinajstić information content (AvgIpc) is 3.17. The molecule has 0 radical (unpaired) electrons. The zero-order valence-electron chi connectivity index (χ0n) is 16.0. The molecule has 0 N–H and O–H groups in total. The topological polar surface area (TPSA) is 55.4 Å². The van der Waals surface area contributed by atoms with Crippen molar-refractivity contribution in [2.75, 3.05) is 6.61 Å². The minimum Gasteiger partial charge on any atom is -0.485 e. The van der Waals surface area contributed by atoms with Crippen LogP contribution in [-0.4, -0.2) is 48.9 Å². The second kappa shape index (κ2) is 6.56. The maximum Gasteiger partial charge on any atom is 0.416 e. The Morgan fingerprint density at radius 2 is 1.75 bits per heavy atom. The van der Waals surface area contributed by atoms with Gasteiger partial charge in [-0.05, 0) is 45.9 Å². The number of hydrogen-bond acceptors (Lipinski definition) is 6. The molecule has 156 valence electrons. The Kier molecular flexibility index (Phi) is 4.67. The van der Waals surface area contributed by atoms with E-state index in [0.29, 0.717) is 0 Å². The van der Waals surface area contributed by atoms with Crippen molar-refractivity contribution in [2.45, 2.75) is 76.2 Å². The molecule has 0 amide bonds. The molecule has 0 spiro atoms. The van der Waals surface area contributed by atoms with Gasteiger partial charge in [0.2, 0.25) is 0 Å². The molecule has 0 aliphatic carbocycles. The number of halogens is 3. The third kappa shape index (κ3) is 3.86. The van der Waals surface area contributed by atoms with Crippen molar-refractivity contribution in [1.82, 2.24) is 0 Å². The monoisotopic (exact) mass is 404 g/mol. The van der Waals surface area contributed by atoms with Crippen LogP contribution in [0.4, 0.5) is 13.2 Å². The maximum absolute atomic E-state index is 13.0. The third-order valence-electron chi connectivity index (χ3n) is 4.86. The summed E-state index contributed by atoms with van der Waals surface area (Å²) in [5, 5.41) is 0. The zero-order valence-corrected chi connectivity index (χ0v) is 16.0. The number of alkyl halides is 3. The first kappa shape index (κ1) is 19.9. The van der Waals surface area contributed by atoms with Crippen LogP contribution in [0.2, 0.25) is 0 Å². The van der Waals surface area contributed by atoms with E-state index in [2.05, 4.69) is 0 Å². The molecule has 6 nitrogen and oxygen atoms in total. The van der Waals surface area contributed by atoms with E-state index in [0.717, 1.165) is 12.1 Å². The molecule has 28 heavy (non-hydrogen) atoms. The van der Waals surface area contributed by atoms with E-state index in [9.17, 15) is 13.2 Å². The Hall–Kier alpha value is -1.39. The zero-order chi connectivity index (χ0) is 20.3. The number of ether oxygens (including phenoxy) is 6. The normalized spacial score (nSPS) is 36.5. The van der Waals surface area contributed by atoms with Crippen molar-refractivity contribution in [2.24, 2.45) is 0 Å². The molecule has 3 aliphatic heterocycles. The van der Waals surface area contributed by atoms with Crippen molar-refractivity contribution in [1.29, 1.82) is 0 Å². The van der Waals surface area contributed by atoms with Crippen molar-refractivity contribution in [3.05, 3.63) is 29.8 Å². The Morgan fingerprint density at radius 1 is 1.00 bits per heavy atom. The molecule has 1 aromatic rings. The third-order valence-corrected chi connectivity index (χ3v) is 4.86. The molecule has 0 aromatic heterocycles. The second-order valence-corrected chi connectivity index (χ2v) is 8.04. The average molecular weight is 404 g/mol. The van der Waals surface area contributed by atoms with Crippen LogP contribution >= 0.6 is 0 Å². The molecule has 3 fully saturated rings. The van der Waals surface area contributed by atoms with E-state index in [1.165, 1.54) is 12.1 Å². The van der Waals surface area contributed by atoms with E-state index in [4.69, 9.17) is 28.4 Å². The lowest BCUT2D eigenvalue weighted by atomic mass is 10.1. The number of rotatable bonds is 3. The summed E-state index contributed by atoms with van der Waals surface area (Å²) in [6, 6.07) is 4.72. The highest BCUT2D eigenvalue weighted by Gasteiger charge is 2.59. The molecule has 0 saturated carbocycles. The van der Waals surface area contributed by atoms with Gasteiger partial charge in [0.05, 0.1) is 12.2 Å². The van der Waals surface area contributed by atoms with Crippen LogP contribution in [0.5, 0.6) is 5.75 Å². The lowest BCUT2D eigenvalue weighted by Crippen LogP contribution is -2.45. The molecular weight excluding hydrogens is 381 g/mol. The minimum atomic E-state index is -4.46. The summed E-state index contributed by atoms with van der Waals surface area (Å²) in [6.45, 7) is 7.30. The van der Waals surface area contributed by atoms with E-state index >= 15 is 0 Å². The van der Waals surface area contributed by atoms with E-state index in [1.54, 1.807) is 27.7 Å². The van der Waals surface area contributed by atoms with Gasteiger partial charge in [0.25, 0.3) is 0 Å². The smallest absolute Gasteiger partial charge is 0.416 e. The summed E-state index contributed by atoms with van der Waals surface area (Å²) < 4.78 is 74.2. The quantitative estimate of drug-likeness (QED) is 0.769. The molecule has 1 aromatic carbocycles. The largest absolute Gasteiger partial charge is 0.485 e. The van der Waals surface area contributed by atoms with Gasteiger partial charge in [-0.1, -0.05) is 6.07 Å². The van der Waals surface area contributed by atoms with Gasteiger partial charge in [-0.15, -0.1) is 0 Å². The van der Waals surface area contributed by atoms with Gasteiger partial charge in [-0.2, -0.15) is 13.2 Å². The molecule has 3 saturated heterocycles. The van der Waals surface area contributed by atoms with Crippen LogP contribution in [0.1, 0.15) is 33.3 Å². The lowest BCUT2D eigenvalue weighted by molar-refractivity contribution is -0.230. The Morgan fingerprint density at radius 3 is 2.39 bits per heavy atom. The van der Waals surface area contributed by atoms with Crippen molar-refractivity contribution < 1.29 is 41.6 Å². The summed E-state index contributed by atoms with van der Waals surface area (Å²) >= 11 is 0. The predicted octanol–water partition coefficient (Wildman–Crippen LogP) is 3.48. The molecule has 5 atom stereocenters. The first-order valence-corrected chi connectivity index (χ1v) is 9.10. The van der Waals surface area contributed by atoms with E-state index < -0.39 is 54.0 Å². The Bertz CT molecular complexity index is 735. The van der Waals surface area contributed by atoms with E-state index in [-0.39, 0.29) is 12.4 Å². The molecule has 3 heterocycles.